The number of sulfone groups is 1. The lowest BCUT2D eigenvalue weighted by molar-refractivity contribution is 0.470. The third kappa shape index (κ3) is 2.74. The van der Waals surface area contributed by atoms with Gasteiger partial charge >= 0.3 is 0 Å². The summed E-state index contributed by atoms with van der Waals surface area (Å²) in [4.78, 5) is 0.380. The van der Waals surface area contributed by atoms with Gasteiger partial charge in [-0.15, -0.1) is 0 Å². The standard InChI is InChI=1S/C13H20N2O2S/c1-2-18(16,17)12-5-3-10(4-6-12)13(14)11-7-8-15-9-11/h3-6,11,13,15H,2,7-9,14H2,1H3. The predicted molar refractivity (Wildman–Crippen MR) is 72.1 cm³/mol. The van der Waals surface area contributed by atoms with E-state index < -0.39 is 9.84 Å². The molecule has 5 heteroatoms. The van der Waals surface area contributed by atoms with E-state index in [1.165, 1.54) is 0 Å². The summed E-state index contributed by atoms with van der Waals surface area (Å²) in [7, 11) is -3.11. The fraction of sp³-hybridized carbons (Fsp3) is 0.538. The number of rotatable bonds is 4. The van der Waals surface area contributed by atoms with E-state index in [4.69, 9.17) is 5.73 Å². The molecule has 1 aromatic carbocycles. The van der Waals surface area contributed by atoms with Gasteiger partial charge in [0.2, 0.25) is 0 Å². The molecule has 3 N–H and O–H groups in total. The summed E-state index contributed by atoms with van der Waals surface area (Å²) in [6.07, 6.45) is 1.08. The number of hydrogen-bond acceptors (Lipinski definition) is 4. The monoisotopic (exact) mass is 268 g/mol. The van der Waals surface area contributed by atoms with Gasteiger partial charge < -0.3 is 11.1 Å². The third-order valence-corrected chi connectivity index (χ3v) is 5.36. The molecule has 0 saturated carbocycles. The van der Waals surface area contributed by atoms with Crippen molar-refractivity contribution in [3.63, 3.8) is 0 Å². The van der Waals surface area contributed by atoms with Gasteiger partial charge in [0.15, 0.2) is 9.84 Å². The molecule has 1 aliphatic heterocycles. The van der Waals surface area contributed by atoms with Crippen molar-refractivity contribution in [2.45, 2.75) is 24.3 Å². The average Bonchev–Trinajstić information content (AvgIpc) is 2.92. The molecule has 100 valence electrons. The van der Waals surface area contributed by atoms with Crippen LogP contribution in [0.2, 0.25) is 0 Å². The lowest BCUT2D eigenvalue weighted by Gasteiger charge is -2.18. The van der Waals surface area contributed by atoms with Crippen molar-refractivity contribution in [1.82, 2.24) is 5.32 Å². The minimum absolute atomic E-state index is 0.0154. The Bertz CT molecular complexity index is 490. The molecule has 0 radical (unpaired) electrons. The third-order valence-electron chi connectivity index (χ3n) is 3.61. The maximum Gasteiger partial charge on any atom is 0.178 e. The molecule has 1 aromatic rings. The van der Waals surface area contributed by atoms with E-state index in [9.17, 15) is 8.42 Å². The summed E-state index contributed by atoms with van der Waals surface area (Å²) in [6.45, 7) is 3.61. The maximum atomic E-state index is 11.7. The van der Waals surface area contributed by atoms with Crippen molar-refractivity contribution >= 4 is 9.84 Å². The molecule has 2 rings (SSSR count). The molecular formula is C13H20N2O2S. The van der Waals surface area contributed by atoms with Gasteiger partial charge in [0.05, 0.1) is 10.6 Å². The van der Waals surface area contributed by atoms with Gasteiger partial charge in [-0.3, -0.25) is 0 Å². The fourth-order valence-corrected chi connectivity index (χ4v) is 3.20. The van der Waals surface area contributed by atoms with E-state index in [1.54, 1.807) is 19.1 Å². The molecule has 0 amide bonds. The van der Waals surface area contributed by atoms with Crippen LogP contribution in [-0.2, 0) is 9.84 Å². The van der Waals surface area contributed by atoms with Crippen LogP contribution in [0.25, 0.3) is 0 Å². The minimum atomic E-state index is -3.11. The van der Waals surface area contributed by atoms with Crippen molar-refractivity contribution in [3.05, 3.63) is 29.8 Å². The van der Waals surface area contributed by atoms with Crippen LogP contribution in [-0.4, -0.2) is 27.3 Å². The Morgan fingerprint density at radius 3 is 2.56 bits per heavy atom. The lowest BCUT2D eigenvalue weighted by atomic mass is 9.93. The first-order valence-electron chi connectivity index (χ1n) is 6.33. The lowest BCUT2D eigenvalue weighted by Crippen LogP contribution is -2.23. The number of hydrogen-bond donors (Lipinski definition) is 2. The molecule has 18 heavy (non-hydrogen) atoms. The van der Waals surface area contributed by atoms with Crippen LogP contribution in [0.15, 0.2) is 29.2 Å². The Hall–Kier alpha value is -0.910. The zero-order valence-electron chi connectivity index (χ0n) is 10.6. The van der Waals surface area contributed by atoms with E-state index in [-0.39, 0.29) is 11.8 Å². The Balaban J connectivity index is 2.17. The summed E-state index contributed by atoms with van der Waals surface area (Å²) >= 11 is 0. The maximum absolute atomic E-state index is 11.7. The van der Waals surface area contributed by atoms with Crippen molar-refractivity contribution < 1.29 is 8.42 Å². The SMILES string of the molecule is CCS(=O)(=O)c1ccc(C(N)C2CCNC2)cc1. The Labute approximate surface area is 108 Å². The van der Waals surface area contributed by atoms with Crippen LogP contribution >= 0.6 is 0 Å². The Kier molecular flexibility index (Phi) is 4.04. The smallest absolute Gasteiger partial charge is 0.178 e. The zero-order valence-corrected chi connectivity index (χ0v) is 11.4. The van der Waals surface area contributed by atoms with E-state index in [0.717, 1.165) is 25.1 Å². The minimum Gasteiger partial charge on any atom is -0.324 e. The van der Waals surface area contributed by atoms with Crippen LogP contribution in [0.5, 0.6) is 0 Å². The fourth-order valence-electron chi connectivity index (χ4n) is 2.32. The molecule has 2 atom stereocenters. The van der Waals surface area contributed by atoms with Crippen LogP contribution < -0.4 is 11.1 Å². The summed E-state index contributed by atoms with van der Waals surface area (Å²) in [6, 6.07) is 6.99. The second-order valence-electron chi connectivity index (χ2n) is 4.75. The summed E-state index contributed by atoms with van der Waals surface area (Å²) in [5, 5.41) is 3.29. The second-order valence-corrected chi connectivity index (χ2v) is 7.03. The first-order chi connectivity index (χ1) is 8.54. The van der Waals surface area contributed by atoms with Crippen LogP contribution in [0, 0.1) is 5.92 Å². The topological polar surface area (TPSA) is 72.2 Å². The van der Waals surface area contributed by atoms with Crippen LogP contribution in [0.1, 0.15) is 24.9 Å². The first kappa shape index (κ1) is 13.5. The average molecular weight is 268 g/mol. The molecule has 4 nitrogen and oxygen atoms in total. The van der Waals surface area contributed by atoms with E-state index in [1.807, 2.05) is 12.1 Å². The highest BCUT2D eigenvalue weighted by atomic mass is 32.2. The number of benzene rings is 1. The van der Waals surface area contributed by atoms with Gasteiger partial charge in [0.1, 0.15) is 0 Å². The molecule has 0 bridgehead atoms. The molecular weight excluding hydrogens is 248 g/mol. The van der Waals surface area contributed by atoms with Crippen LogP contribution in [0.3, 0.4) is 0 Å². The largest absolute Gasteiger partial charge is 0.324 e. The molecule has 2 unspecified atom stereocenters. The summed E-state index contributed by atoms with van der Waals surface area (Å²) in [5.41, 5.74) is 7.22. The highest BCUT2D eigenvalue weighted by molar-refractivity contribution is 7.91. The van der Waals surface area contributed by atoms with Crippen molar-refractivity contribution in [2.24, 2.45) is 11.7 Å². The Morgan fingerprint density at radius 1 is 1.39 bits per heavy atom. The molecule has 1 aliphatic rings. The van der Waals surface area contributed by atoms with Gasteiger partial charge in [0, 0.05) is 6.04 Å². The molecule has 0 aliphatic carbocycles. The molecule has 0 spiro atoms. The van der Waals surface area contributed by atoms with Gasteiger partial charge in [-0.2, -0.15) is 0 Å². The number of nitrogens with one attached hydrogen (secondary N) is 1. The molecule has 0 aromatic heterocycles. The quantitative estimate of drug-likeness (QED) is 0.857. The van der Waals surface area contributed by atoms with Crippen molar-refractivity contribution in [3.8, 4) is 0 Å². The molecule has 1 fully saturated rings. The number of nitrogens with two attached hydrogens (primary N) is 1. The van der Waals surface area contributed by atoms with Crippen molar-refractivity contribution in [1.29, 1.82) is 0 Å². The molecule has 1 saturated heterocycles. The van der Waals surface area contributed by atoms with Gasteiger partial charge in [-0.1, -0.05) is 19.1 Å². The normalized spacial score (nSPS) is 22.0. The predicted octanol–water partition coefficient (Wildman–Crippen LogP) is 1.09. The second kappa shape index (κ2) is 5.38. The van der Waals surface area contributed by atoms with Crippen molar-refractivity contribution in [2.75, 3.05) is 18.8 Å². The Morgan fingerprint density at radius 2 is 2.06 bits per heavy atom. The van der Waals surface area contributed by atoms with E-state index in [0.29, 0.717) is 10.8 Å². The summed E-state index contributed by atoms with van der Waals surface area (Å²) in [5.74, 6) is 0.573. The first-order valence-corrected chi connectivity index (χ1v) is 7.99. The summed E-state index contributed by atoms with van der Waals surface area (Å²) < 4.78 is 23.4. The van der Waals surface area contributed by atoms with Gasteiger partial charge in [0.25, 0.3) is 0 Å². The van der Waals surface area contributed by atoms with Gasteiger partial charge in [-0.05, 0) is 43.1 Å². The molecule has 1 heterocycles. The highest BCUT2D eigenvalue weighted by Crippen LogP contribution is 2.25. The van der Waals surface area contributed by atoms with E-state index in [2.05, 4.69) is 5.32 Å². The zero-order chi connectivity index (χ0) is 13.2. The van der Waals surface area contributed by atoms with Crippen LogP contribution in [0.4, 0.5) is 0 Å². The highest BCUT2D eigenvalue weighted by Gasteiger charge is 2.23. The van der Waals surface area contributed by atoms with E-state index >= 15 is 0 Å². The van der Waals surface area contributed by atoms with Gasteiger partial charge in [-0.25, -0.2) is 8.42 Å².